The second kappa shape index (κ2) is 49.9. The fraction of sp³-hybridized carbons (Fsp3) is 0.432. The highest BCUT2D eigenvalue weighted by atomic mass is 32.2. The molecule has 0 saturated carbocycles. The third kappa shape index (κ3) is 31.0. The normalized spacial score (nSPS) is 15.6. The van der Waals surface area contributed by atoms with Gasteiger partial charge >= 0.3 is 6.03 Å². The molecule has 4 aromatic heterocycles. The summed E-state index contributed by atoms with van der Waals surface area (Å²) in [5.74, 6) is 0.192. The van der Waals surface area contributed by atoms with E-state index in [1.54, 1.807) is 67.2 Å². The summed E-state index contributed by atoms with van der Waals surface area (Å²) in [4.78, 5) is 42.7. The quantitative estimate of drug-likeness (QED) is 0.168. The van der Waals surface area contributed by atoms with E-state index >= 15 is 0 Å². The number of amides is 3. The fourth-order valence-corrected chi connectivity index (χ4v) is 20.5. The second-order valence-corrected chi connectivity index (χ2v) is 43.7. The molecule has 7 aliphatic rings. The summed E-state index contributed by atoms with van der Waals surface area (Å²) in [6.07, 6.45) is 13.3. The lowest BCUT2D eigenvalue weighted by atomic mass is 10.0. The van der Waals surface area contributed by atoms with Crippen LogP contribution < -0.4 is 0 Å². The van der Waals surface area contributed by atoms with Gasteiger partial charge in [-0.1, -0.05) is 183 Å². The lowest BCUT2D eigenvalue weighted by Crippen LogP contribution is -2.43. The molecule has 6 aliphatic heterocycles. The predicted molar refractivity (Wildman–Crippen MR) is 564 cm³/mol. The van der Waals surface area contributed by atoms with E-state index in [9.17, 15) is 26.4 Å². The van der Waals surface area contributed by atoms with Crippen molar-refractivity contribution in [3.05, 3.63) is 295 Å². The molecule has 0 atom stereocenters. The number of para-hydroxylation sites is 2. The monoisotopic (exact) mass is 1850 g/mol. The fourth-order valence-electron chi connectivity index (χ4n) is 16.2. The highest BCUT2D eigenvalue weighted by molar-refractivity contribution is 7.88. The molecule has 0 spiro atoms. The number of nitrogens with one attached hydrogen (secondary N) is 1. The highest BCUT2D eigenvalue weighted by Crippen LogP contribution is 2.35. The zero-order valence-corrected chi connectivity index (χ0v) is 87.6. The van der Waals surface area contributed by atoms with Gasteiger partial charge in [-0.15, -0.1) is 22.7 Å². The number of carbonyl (C=O) groups excluding carboxylic acids is 2. The lowest BCUT2D eigenvalue weighted by Gasteiger charge is -2.30. The van der Waals surface area contributed by atoms with E-state index in [0.717, 1.165) is 77.1 Å². The molecule has 1 aliphatic carbocycles. The summed E-state index contributed by atoms with van der Waals surface area (Å²) < 4.78 is 53.7. The number of rotatable bonds is 5. The molecule has 16 nitrogen and oxygen atoms in total. The zero-order valence-electron chi connectivity index (χ0n) is 84.3. The Bertz CT molecular complexity index is 5960. The van der Waals surface area contributed by atoms with Crippen molar-refractivity contribution in [2.75, 3.05) is 99.9 Å². The molecule has 3 amide bonds. The number of aryl methyl sites for hydroxylation is 12. The van der Waals surface area contributed by atoms with Crippen LogP contribution in [0.2, 0.25) is 0 Å². The number of fused-ring (bicyclic) bond motifs is 6. The molecule has 0 fully saturated rings. The smallest absolute Gasteiger partial charge is 0.319 e. The van der Waals surface area contributed by atoms with E-state index in [1.165, 1.54) is 204 Å². The Morgan fingerprint density at radius 1 is 0.450 bits per heavy atom. The van der Waals surface area contributed by atoms with Crippen molar-refractivity contribution in [2.24, 2.45) is 12.0 Å². The maximum atomic E-state index is 11.8. The van der Waals surface area contributed by atoms with E-state index in [0.29, 0.717) is 26.2 Å². The Balaban J connectivity index is 0.000000178. The molecular weight excluding hydrogens is 1700 g/mol. The van der Waals surface area contributed by atoms with E-state index in [4.69, 9.17) is 0 Å². The first kappa shape index (κ1) is 107. The molecule has 11 aromatic rings. The van der Waals surface area contributed by atoms with Gasteiger partial charge in [-0.05, 0) is 304 Å². The number of carbonyl (C=O) groups is 2. The minimum absolute atomic E-state index is 0.117. The molecule has 706 valence electrons. The highest BCUT2D eigenvalue weighted by Gasteiger charge is 2.28. The molecule has 0 bridgehead atoms. The van der Waals surface area contributed by atoms with E-state index in [1.807, 2.05) is 52.5 Å². The van der Waals surface area contributed by atoms with Crippen molar-refractivity contribution in [1.82, 2.24) is 42.1 Å². The molecule has 1 N–H and O–H groups in total. The van der Waals surface area contributed by atoms with Crippen LogP contribution in [-0.4, -0.2) is 177 Å². The van der Waals surface area contributed by atoms with Gasteiger partial charge < -0.3 is 24.3 Å². The van der Waals surface area contributed by atoms with Gasteiger partial charge in [0.1, 0.15) is 0 Å². The first-order valence-electron chi connectivity index (χ1n) is 46.4. The van der Waals surface area contributed by atoms with Crippen molar-refractivity contribution in [2.45, 2.75) is 217 Å². The number of sulfonamides is 1. The first-order chi connectivity index (χ1) is 61.8. The average Bonchev–Trinajstić information content (AvgIpc) is 1.22. The number of benzene rings is 7. The van der Waals surface area contributed by atoms with Crippen molar-refractivity contribution < 1.29 is 26.4 Å². The van der Waals surface area contributed by atoms with Gasteiger partial charge in [0, 0.05) is 174 Å². The van der Waals surface area contributed by atoms with Gasteiger partial charge in [-0.3, -0.25) is 14.7 Å². The van der Waals surface area contributed by atoms with Crippen molar-refractivity contribution >= 4 is 109 Å². The Morgan fingerprint density at radius 3 is 1.45 bits per heavy atom. The van der Waals surface area contributed by atoms with Crippen LogP contribution in [0.5, 0.6) is 0 Å². The number of hydrogen-bond acceptors (Lipinski definition) is 10. The number of H-pyrrole nitrogens is 1. The first-order valence-corrected chi connectivity index (χ1v) is 51.3. The summed E-state index contributed by atoms with van der Waals surface area (Å²) in [6, 6.07) is 55.8. The zero-order chi connectivity index (χ0) is 96.5. The van der Waals surface area contributed by atoms with E-state index < -0.39 is 20.2 Å². The van der Waals surface area contributed by atoms with Crippen LogP contribution in [0.4, 0.5) is 10.5 Å². The minimum Gasteiger partial charge on any atom is -0.358 e. The average molecular weight is 1850 g/mol. The maximum absolute atomic E-state index is 11.8. The van der Waals surface area contributed by atoms with Crippen molar-refractivity contribution in [3.63, 3.8) is 0 Å². The van der Waals surface area contributed by atoms with Crippen LogP contribution in [0.1, 0.15) is 196 Å². The van der Waals surface area contributed by atoms with E-state index in [-0.39, 0.29) is 11.9 Å². The number of aromatic nitrogens is 2. The lowest BCUT2D eigenvalue weighted by molar-refractivity contribution is -0.128. The van der Waals surface area contributed by atoms with Crippen molar-refractivity contribution in [1.29, 1.82) is 0 Å². The Kier molecular flexibility index (Phi) is 40.7. The summed E-state index contributed by atoms with van der Waals surface area (Å²) in [6.45, 7) is 55.8. The standard InChI is InChI=1S/C14H19N.C12H12.C10H18N2O.3C10H11N.C10H10S.C9H18N2O2S.C9H15NO.C9H12S.C8H15NO2S/c1-12-8-9-15(10-13(12)2)11-14-6-4-3-5-7-14;1-9-7-11-5-3-4-6-12(11)8-10(9)2;1-8-5-6-12(7-9(8)2)10(13)11(3)4;1-7-5-9-3-4-11-10(9)6-8(7)2;1-8-7-9-5-3-4-6-10(9)11(8)2;2*1-7-8(2)11-10-6-4-3-5-9(7)10;1-8-5-6-11(7-9(8)2)14(12,13)10(3)4;1-7-4-5-10(9(3)11)6-8(7)2;1-6-7(2)10-9-5-3-4-8(6)9;1-7-4-5-9(6-8(7)2)12(3,10)11/h3-7H,8-11H2,1-2H3;3-8H,1-2H3;5-7H2,1-4H3;4-6H,3H2,1-2H3;3-7H,1-2H3;3-6,11H,1-2H3;3-6H,1-2H3;5-7H2,1-4H3;4-6H2,1-3H3;3-5H2,1-2H3;4-6H2,1-3H3. The molecule has 0 radical (unpaired) electrons. The SMILES string of the molecule is CC(=O)N1CCC(C)=C(C)C1.CC1=C(C)CN(C(=O)N(C)C)CC1.CC1=C(C)CN(Cc2ccccc2)CC1.CC1=C(C)CN(S(=O)(=O)N(C)C)CC1.CC1=C(C)CN(S(C)(=O)=O)CC1.Cc1[nH]c2ccccc2c1C.Cc1cc2c(cc1C)N=CC2.Cc1cc2ccccc2cc1C.Cc1cc2ccccc2n1C.Cc1sc2c(c1C)CCC2.Cc1sc2ccccc2c1C. The summed E-state index contributed by atoms with van der Waals surface area (Å²) in [5.41, 5.74) is 34.3. The molecule has 18 rings (SSSR count). The molecule has 7 aromatic carbocycles. The molecule has 10 heterocycles. The van der Waals surface area contributed by atoms with Gasteiger partial charge in [0.15, 0.2) is 0 Å². The Hall–Kier alpha value is -9.61. The summed E-state index contributed by atoms with van der Waals surface area (Å²) in [7, 11) is 2.61. The number of nitrogens with zero attached hydrogens (tertiary/aromatic N) is 9. The van der Waals surface area contributed by atoms with Gasteiger partial charge in [-0.2, -0.15) is 21.3 Å². The summed E-state index contributed by atoms with van der Waals surface area (Å²) in [5, 5.41) is 6.74. The minimum atomic E-state index is -3.22. The van der Waals surface area contributed by atoms with Crippen LogP contribution in [-0.2, 0) is 57.9 Å². The maximum Gasteiger partial charge on any atom is 0.319 e. The van der Waals surface area contributed by atoms with Crippen LogP contribution in [0.3, 0.4) is 0 Å². The van der Waals surface area contributed by atoms with Gasteiger partial charge in [-0.25, -0.2) is 13.2 Å². The largest absolute Gasteiger partial charge is 0.358 e. The van der Waals surface area contributed by atoms with Crippen LogP contribution >= 0.6 is 22.7 Å². The molecule has 131 heavy (non-hydrogen) atoms. The van der Waals surface area contributed by atoms with Crippen LogP contribution in [0, 0.1) is 76.2 Å². The summed E-state index contributed by atoms with van der Waals surface area (Å²) >= 11 is 3.88. The second-order valence-electron chi connectivity index (χ2n) is 37.0. The molecule has 0 unspecified atom stereocenters. The molecular formula is C111H152N10O6S4. The topological polar surface area (TPSA) is 158 Å². The van der Waals surface area contributed by atoms with Crippen molar-refractivity contribution in [3.8, 4) is 0 Å². The Labute approximate surface area is 795 Å². The number of aliphatic imine (C=N–C) groups is 1. The van der Waals surface area contributed by atoms with Gasteiger partial charge in [0.05, 0.1) is 11.9 Å². The predicted octanol–water partition coefficient (Wildman–Crippen LogP) is 26.0. The number of hydrogen-bond donors (Lipinski definition) is 1. The van der Waals surface area contributed by atoms with Gasteiger partial charge in [0.2, 0.25) is 15.9 Å². The molecule has 20 heteroatoms. The third-order valence-corrected chi connectivity index (χ3v) is 32.3. The van der Waals surface area contributed by atoms with Crippen LogP contribution in [0.15, 0.2) is 218 Å². The van der Waals surface area contributed by atoms with E-state index in [2.05, 4.69) is 316 Å². The molecule has 0 saturated heterocycles. The van der Waals surface area contributed by atoms with Gasteiger partial charge in [0.25, 0.3) is 10.2 Å². The number of thiophene rings is 2. The van der Waals surface area contributed by atoms with Crippen LogP contribution in [0.25, 0.3) is 42.7 Å². The third-order valence-electron chi connectivity index (χ3n) is 26.7. The number of urea groups is 1. The Morgan fingerprint density at radius 2 is 0.924 bits per heavy atom. The number of aromatic amines is 1.